The van der Waals surface area contributed by atoms with Crippen LogP contribution in [0.25, 0.3) is 0 Å². The van der Waals surface area contributed by atoms with E-state index in [1.54, 1.807) is 13.8 Å². The lowest BCUT2D eigenvalue weighted by molar-refractivity contribution is -0.163. The summed E-state index contributed by atoms with van der Waals surface area (Å²) in [4.78, 5) is 23.0. The highest BCUT2D eigenvalue weighted by Gasteiger charge is 2.59. The molecule has 0 heterocycles. The Bertz CT molecular complexity index is 1030. The molecule has 4 aliphatic rings. The number of esters is 1. The molecule has 4 aliphatic carbocycles. The molecule has 242 valence electrons. The second-order valence-corrected chi connectivity index (χ2v) is 18.0. The molecule has 4 rings (SSSR count). The molecule has 0 bridgehead atoms. The van der Waals surface area contributed by atoms with Gasteiger partial charge in [0, 0.05) is 11.8 Å². The highest BCUT2D eigenvalue weighted by atomic mass is 79.9. The lowest BCUT2D eigenvalue weighted by atomic mass is 9.47. The Hall–Kier alpha value is -0.200. The topological polar surface area (TPSA) is 82.1 Å². The van der Waals surface area contributed by atoms with Gasteiger partial charge >= 0.3 is 13.8 Å². The molecular formula is C34H58BrO6P. The number of halogens is 1. The van der Waals surface area contributed by atoms with E-state index in [0.717, 1.165) is 54.8 Å². The Morgan fingerprint density at radius 3 is 2.52 bits per heavy atom. The van der Waals surface area contributed by atoms with E-state index in [2.05, 4.69) is 56.6 Å². The Kier molecular flexibility index (Phi) is 11.3. The summed E-state index contributed by atoms with van der Waals surface area (Å²) in [5, 5.41) is 0.419. The Balaban J connectivity index is 1.36. The van der Waals surface area contributed by atoms with Crippen LogP contribution in [-0.4, -0.2) is 35.5 Å². The van der Waals surface area contributed by atoms with Gasteiger partial charge in [0.05, 0.1) is 18.6 Å². The summed E-state index contributed by atoms with van der Waals surface area (Å²) in [6.07, 6.45) is 15.9. The fourth-order valence-electron chi connectivity index (χ4n) is 9.55. The number of alkyl halides is 1. The van der Waals surface area contributed by atoms with Gasteiger partial charge in [0.25, 0.3) is 0 Å². The number of rotatable bonds is 13. The first-order valence-corrected chi connectivity index (χ1v) is 19.3. The first-order chi connectivity index (χ1) is 19.6. The molecule has 3 saturated carbocycles. The molecule has 0 radical (unpaired) electrons. The first kappa shape index (κ1) is 34.7. The monoisotopic (exact) mass is 672 g/mol. The molecule has 9 atom stereocenters. The molecule has 0 aromatic heterocycles. The Morgan fingerprint density at radius 2 is 1.83 bits per heavy atom. The van der Waals surface area contributed by atoms with Crippen LogP contribution >= 0.6 is 23.8 Å². The third kappa shape index (κ3) is 7.43. The van der Waals surface area contributed by atoms with Crippen LogP contribution in [0.3, 0.4) is 0 Å². The van der Waals surface area contributed by atoms with Gasteiger partial charge in [0.15, 0.2) is 0 Å². The molecule has 0 aromatic carbocycles. The van der Waals surface area contributed by atoms with Crippen molar-refractivity contribution in [3.05, 3.63) is 11.6 Å². The van der Waals surface area contributed by atoms with Crippen molar-refractivity contribution < 1.29 is 28.0 Å². The molecule has 6 nitrogen and oxygen atoms in total. The number of phosphoric acid groups is 1. The van der Waals surface area contributed by atoms with Crippen molar-refractivity contribution in [3.63, 3.8) is 0 Å². The van der Waals surface area contributed by atoms with E-state index in [9.17, 15) is 14.3 Å². The van der Waals surface area contributed by atoms with Gasteiger partial charge in [-0.25, -0.2) is 4.57 Å². The zero-order chi connectivity index (χ0) is 30.9. The molecule has 0 spiro atoms. The largest absolute Gasteiger partial charge is 0.472 e. The maximum atomic E-state index is 13.1. The summed E-state index contributed by atoms with van der Waals surface area (Å²) >= 11 is 3.16. The second kappa shape index (κ2) is 13.7. The van der Waals surface area contributed by atoms with Crippen molar-refractivity contribution in [1.29, 1.82) is 0 Å². The molecule has 3 fully saturated rings. The predicted molar refractivity (Wildman–Crippen MR) is 172 cm³/mol. The third-order valence-electron chi connectivity index (χ3n) is 12.0. The van der Waals surface area contributed by atoms with Gasteiger partial charge in [-0.15, -0.1) is 0 Å². The zero-order valence-corrected chi connectivity index (χ0v) is 29.8. The van der Waals surface area contributed by atoms with Gasteiger partial charge in [-0.05, 0) is 105 Å². The van der Waals surface area contributed by atoms with Gasteiger partial charge < -0.3 is 9.63 Å². The molecule has 42 heavy (non-hydrogen) atoms. The lowest BCUT2D eigenvalue weighted by Crippen LogP contribution is -2.51. The Labute approximate surface area is 264 Å². The van der Waals surface area contributed by atoms with Crippen molar-refractivity contribution in [2.45, 2.75) is 125 Å². The van der Waals surface area contributed by atoms with Crippen LogP contribution in [0.15, 0.2) is 11.6 Å². The average Bonchev–Trinajstić information content (AvgIpc) is 3.28. The van der Waals surface area contributed by atoms with Gasteiger partial charge in [-0.3, -0.25) is 13.8 Å². The van der Waals surface area contributed by atoms with Crippen LogP contribution in [-0.2, 0) is 23.1 Å². The summed E-state index contributed by atoms with van der Waals surface area (Å²) < 4.78 is 28.1. The van der Waals surface area contributed by atoms with Crippen molar-refractivity contribution in [2.24, 2.45) is 51.8 Å². The average molecular weight is 674 g/mol. The number of fused-ring (bicyclic) bond motifs is 5. The van der Waals surface area contributed by atoms with Crippen LogP contribution in [0.1, 0.15) is 119 Å². The van der Waals surface area contributed by atoms with Gasteiger partial charge in [-0.1, -0.05) is 81.5 Å². The van der Waals surface area contributed by atoms with Crippen molar-refractivity contribution >= 4 is 29.7 Å². The number of carbonyl (C=O) groups is 1. The summed E-state index contributed by atoms with van der Waals surface area (Å²) in [6, 6.07) is 0. The number of hydrogen-bond donors (Lipinski definition) is 1. The zero-order valence-electron chi connectivity index (χ0n) is 27.3. The lowest BCUT2D eigenvalue weighted by Gasteiger charge is -2.58. The van der Waals surface area contributed by atoms with Gasteiger partial charge in [0.2, 0.25) is 0 Å². The predicted octanol–water partition coefficient (Wildman–Crippen LogP) is 9.49. The van der Waals surface area contributed by atoms with Crippen LogP contribution in [0.2, 0.25) is 0 Å². The highest BCUT2D eigenvalue weighted by molar-refractivity contribution is 9.09. The highest BCUT2D eigenvalue weighted by Crippen LogP contribution is 2.67. The molecular weight excluding hydrogens is 615 g/mol. The van der Waals surface area contributed by atoms with Crippen molar-refractivity contribution in [3.8, 4) is 0 Å². The number of ether oxygens (including phenoxy) is 1. The minimum atomic E-state index is -4.21. The number of hydrogen-bond acceptors (Lipinski definition) is 5. The van der Waals surface area contributed by atoms with Gasteiger partial charge in [-0.2, -0.15) is 0 Å². The van der Waals surface area contributed by atoms with Crippen molar-refractivity contribution in [1.82, 2.24) is 0 Å². The number of carbonyl (C=O) groups excluding carboxylic acids is 1. The quantitative estimate of drug-likeness (QED) is 0.0908. The number of phosphoric ester groups is 1. The van der Waals surface area contributed by atoms with E-state index in [-0.39, 0.29) is 30.7 Å². The minimum absolute atomic E-state index is 0.0502. The number of allylic oxidation sites excluding steroid dienone is 1. The fraction of sp³-hybridized carbons (Fsp3) is 0.912. The van der Waals surface area contributed by atoms with Crippen LogP contribution in [0.5, 0.6) is 0 Å². The molecule has 1 N–H and O–H groups in total. The molecule has 0 aliphatic heterocycles. The van der Waals surface area contributed by atoms with Gasteiger partial charge in [0.1, 0.15) is 6.10 Å². The van der Waals surface area contributed by atoms with E-state index in [0.29, 0.717) is 10.7 Å². The summed E-state index contributed by atoms with van der Waals surface area (Å²) in [5.41, 5.74) is 1.12. The fourth-order valence-corrected chi connectivity index (χ4v) is 10.8. The Morgan fingerprint density at radius 1 is 1.10 bits per heavy atom. The smallest absolute Gasteiger partial charge is 0.462 e. The van der Waals surface area contributed by atoms with E-state index in [4.69, 9.17) is 13.8 Å². The summed E-state index contributed by atoms with van der Waals surface area (Å²) in [6.45, 7) is 15.6. The van der Waals surface area contributed by atoms with E-state index in [1.165, 1.54) is 56.9 Å². The molecule has 8 heteroatoms. The first-order valence-electron chi connectivity index (χ1n) is 16.7. The molecule has 0 aromatic rings. The van der Waals surface area contributed by atoms with E-state index < -0.39 is 13.2 Å². The normalized spacial score (nSPS) is 36.8. The van der Waals surface area contributed by atoms with Crippen LogP contribution in [0, 0.1) is 51.8 Å². The summed E-state index contributed by atoms with van der Waals surface area (Å²) in [7, 11) is -4.21. The molecule has 1 unspecified atom stereocenters. The molecule has 0 saturated heterocycles. The van der Waals surface area contributed by atoms with Crippen LogP contribution < -0.4 is 0 Å². The summed E-state index contributed by atoms with van der Waals surface area (Å²) in [5.74, 6) is 4.45. The third-order valence-corrected chi connectivity index (χ3v) is 13.3. The SMILES string of the molecule is CC(C)CCC[C@@H](C)[C@H]1CC[C@H]2[C@@H]3CC=C4C[C@@H](OC(=O)C(C)(C)COP(=O)(O)OCCBr)CC[C@]4(C)[C@H]3CC[C@]12C. The van der Waals surface area contributed by atoms with Crippen molar-refractivity contribution in [2.75, 3.05) is 18.5 Å². The maximum Gasteiger partial charge on any atom is 0.472 e. The standard InChI is InChI=1S/C34H58BrO6P/c1-23(2)9-8-10-24(3)28-13-14-29-27-12-11-25-21-26(15-17-33(25,6)30(27)16-18-34(28,29)7)41-31(36)32(4,5)22-40-42(37,38)39-20-19-35/h11,23-24,26-30H,8-10,12-22H2,1-7H3,(H,37,38)/t24-,26+,27+,28-,29+,30+,33+,34-/m1/s1. The minimum Gasteiger partial charge on any atom is -0.462 e. The van der Waals surface area contributed by atoms with Crippen LogP contribution in [0.4, 0.5) is 0 Å². The second-order valence-electron chi connectivity index (χ2n) is 15.7. The molecule has 0 amide bonds. The maximum absolute atomic E-state index is 13.1. The van der Waals surface area contributed by atoms with E-state index >= 15 is 0 Å². The van der Waals surface area contributed by atoms with E-state index in [1.807, 2.05) is 0 Å².